The second kappa shape index (κ2) is 5.28. The van der Waals surface area contributed by atoms with Crippen molar-refractivity contribution in [2.24, 2.45) is 0 Å². The third-order valence-electron chi connectivity index (χ3n) is 1.26. The number of rotatable bonds is 3. The van der Waals surface area contributed by atoms with Gasteiger partial charge >= 0.3 is 5.97 Å². The van der Waals surface area contributed by atoms with Gasteiger partial charge in [-0.25, -0.2) is 4.79 Å². The number of hydrogen-bond acceptors (Lipinski definition) is 2. The first-order valence-corrected chi connectivity index (χ1v) is 4.92. The maximum absolute atomic E-state index is 11.4. The molecule has 0 bridgehead atoms. The summed E-state index contributed by atoms with van der Waals surface area (Å²) in [5.41, 5.74) is 0.0924. The van der Waals surface area contributed by atoms with E-state index in [1.54, 1.807) is 6.08 Å². The standard InChI is InChI=1S/C10H17ClO2/c1-5-6-8(7-11)9(12)13-10(2,3)4/h6H,5,7H2,1-4H3. The predicted molar refractivity (Wildman–Crippen MR) is 54.9 cm³/mol. The number of allylic oxidation sites excluding steroid dienone is 1. The van der Waals surface area contributed by atoms with Crippen molar-refractivity contribution in [2.75, 3.05) is 5.88 Å². The Hall–Kier alpha value is -0.500. The molecule has 0 aromatic heterocycles. The fourth-order valence-electron chi connectivity index (χ4n) is 0.782. The van der Waals surface area contributed by atoms with Gasteiger partial charge in [0.2, 0.25) is 0 Å². The van der Waals surface area contributed by atoms with Crippen molar-refractivity contribution in [2.45, 2.75) is 39.7 Å². The predicted octanol–water partition coefficient (Wildman–Crippen LogP) is 2.90. The van der Waals surface area contributed by atoms with Crippen molar-refractivity contribution in [1.29, 1.82) is 0 Å². The summed E-state index contributed by atoms with van der Waals surface area (Å²) in [5, 5.41) is 0. The molecule has 0 aliphatic rings. The van der Waals surface area contributed by atoms with E-state index in [0.29, 0.717) is 5.57 Å². The smallest absolute Gasteiger partial charge is 0.335 e. The summed E-state index contributed by atoms with van der Waals surface area (Å²) in [6.45, 7) is 7.46. The van der Waals surface area contributed by atoms with E-state index < -0.39 is 5.60 Å². The van der Waals surface area contributed by atoms with Gasteiger partial charge in [-0.3, -0.25) is 0 Å². The van der Waals surface area contributed by atoms with E-state index in [1.807, 2.05) is 27.7 Å². The second-order valence-electron chi connectivity index (χ2n) is 3.77. The van der Waals surface area contributed by atoms with Crippen LogP contribution in [0.5, 0.6) is 0 Å². The van der Waals surface area contributed by atoms with Crippen LogP contribution in [0.3, 0.4) is 0 Å². The lowest BCUT2D eigenvalue weighted by atomic mass is 10.2. The van der Waals surface area contributed by atoms with Crippen molar-refractivity contribution in [3.63, 3.8) is 0 Å². The quantitative estimate of drug-likeness (QED) is 0.402. The van der Waals surface area contributed by atoms with Crippen molar-refractivity contribution >= 4 is 17.6 Å². The first-order chi connectivity index (χ1) is 5.90. The highest BCUT2D eigenvalue weighted by Crippen LogP contribution is 2.12. The first kappa shape index (κ1) is 12.5. The summed E-state index contributed by atoms with van der Waals surface area (Å²) in [5.74, 6) is -0.104. The Morgan fingerprint density at radius 3 is 2.31 bits per heavy atom. The maximum atomic E-state index is 11.4. The van der Waals surface area contributed by atoms with Gasteiger partial charge in [0, 0.05) is 5.57 Å². The third-order valence-corrected chi connectivity index (χ3v) is 1.54. The van der Waals surface area contributed by atoms with E-state index >= 15 is 0 Å². The molecule has 0 heterocycles. The molecule has 0 unspecified atom stereocenters. The molecule has 0 rings (SSSR count). The Labute approximate surface area is 84.9 Å². The molecule has 0 aromatic carbocycles. The highest BCUT2D eigenvalue weighted by Gasteiger charge is 2.18. The second-order valence-corrected chi connectivity index (χ2v) is 4.04. The van der Waals surface area contributed by atoms with Crippen LogP contribution in [0, 0.1) is 0 Å². The molecular weight excluding hydrogens is 188 g/mol. The zero-order chi connectivity index (χ0) is 10.5. The number of hydrogen-bond donors (Lipinski definition) is 0. The molecular formula is C10H17ClO2. The number of halogens is 1. The zero-order valence-electron chi connectivity index (χ0n) is 8.69. The molecule has 0 radical (unpaired) electrons. The Kier molecular flexibility index (Phi) is 5.07. The average molecular weight is 205 g/mol. The van der Waals surface area contributed by atoms with Crippen LogP contribution in [0.2, 0.25) is 0 Å². The summed E-state index contributed by atoms with van der Waals surface area (Å²) < 4.78 is 5.15. The minimum Gasteiger partial charge on any atom is -0.457 e. The lowest BCUT2D eigenvalue weighted by Gasteiger charge is -2.19. The molecule has 0 N–H and O–H groups in total. The van der Waals surface area contributed by atoms with Gasteiger partial charge in [-0.1, -0.05) is 13.0 Å². The largest absolute Gasteiger partial charge is 0.457 e. The zero-order valence-corrected chi connectivity index (χ0v) is 9.44. The molecule has 3 heteroatoms. The molecule has 13 heavy (non-hydrogen) atoms. The summed E-state index contributed by atoms with van der Waals surface area (Å²) in [4.78, 5) is 11.4. The van der Waals surface area contributed by atoms with Gasteiger partial charge < -0.3 is 4.74 Å². The van der Waals surface area contributed by atoms with Crippen LogP contribution < -0.4 is 0 Å². The van der Waals surface area contributed by atoms with E-state index in [0.717, 1.165) is 6.42 Å². The monoisotopic (exact) mass is 204 g/mol. The van der Waals surface area contributed by atoms with E-state index in [2.05, 4.69) is 0 Å². The molecule has 0 atom stereocenters. The number of esters is 1. The molecule has 0 fully saturated rings. The lowest BCUT2D eigenvalue weighted by Crippen LogP contribution is -2.25. The molecule has 76 valence electrons. The van der Waals surface area contributed by atoms with Crippen LogP contribution >= 0.6 is 11.6 Å². The van der Waals surface area contributed by atoms with Gasteiger partial charge in [0.15, 0.2) is 0 Å². The molecule has 0 saturated heterocycles. The fourth-order valence-corrected chi connectivity index (χ4v) is 1.00. The molecule has 0 aliphatic heterocycles. The van der Waals surface area contributed by atoms with E-state index in [-0.39, 0.29) is 11.8 Å². The van der Waals surface area contributed by atoms with Gasteiger partial charge in [0.25, 0.3) is 0 Å². The van der Waals surface area contributed by atoms with Crippen LogP contribution in [-0.2, 0) is 9.53 Å². The minimum absolute atomic E-state index is 0.211. The highest BCUT2D eigenvalue weighted by atomic mass is 35.5. The highest BCUT2D eigenvalue weighted by molar-refractivity contribution is 6.22. The van der Waals surface area contributed by atoms with Crippen LogP contribution in [0.4, 0.5) is 0 Å². The topological polar surface area (TPSA) is 26.3 Å². The SMILES string of the molecule is CCC=C(CCl)C(=O)OC(C)(C)C. The summed E-state index contributed by atoms with van der Waals surface area (Å²) in [6.07, 6.45) is 2.59. The first-order valence-electron chi connectivity index (χ1n) is 4.39. The van der Waals surface area contributed by atoms with Crippen molar-refractivity contribution in [3.05, 3.63) is 11.6 Å². The average Bonchev–Trinajstić information content (AvgIpc) is 1.96. The number of carbonyl (C=O) groups excluding carboxylic acids is 1. The lowest BCUT2D eigenvalue weighted by molar-refractivity contribution is -0.149. The molecule has 0 aromatic rings. The number of ether oxygens (including phenoxy) is 1. The summed E-state index contributed by atoms with van der Waals surface area (Å²) >= 11 is 5.60. The van der Waals surface area contributed by atoms with Crippen molar-refractivity contribution in [3.8, 4) is 0 Å². The van der Waals surface area contributed by atoms with Crippen LogP contribution in [0.1, 0.15) is 34.1 Å². The maximum Gasteiger partial charge on any atom is 0.335 e. The van der Waals surface area contributed by atoms with Gasteiger partial charge in [-0.05, 0) is 27.2 Å². The van der Waals surface area contributed by atoms with E-state index in [1.165, 1.54) is 0 Å². The number of carbonyl (C=O) groups is 1. The Bertz CT molecular complexity index is 201. The molecule has 0 aliphatic carbocycles. The van der Waals surface area contributed by atoms with Crippen LogP contribution in [-0.4, -0.2) is 17.5 Å². The summed E-state index contributed by atoms with van der Waals surface area (Å²) in [6, 6.07) is 0. The van der Waals surface area contributed by atoms with Crippen LogP contribution in [0.25, 0.3) is 0 Å². The van der Waals surface area contributed by atoms with Gasteiger partial charge in [-0.2, -0.15) is 0 Å². The minimum atomic E-state index is -0.448. The molecule has 0 amide bonds. The van der Waals surface area contributed by atoms with Crippen molar-refractivity contribution in [1.82, 2.24) is 0 Å². The fraction of sp³-hybridized carbons (Fsp3) is 0.700. The van der Waals surface area contributed by atoms with Gasteiger partial charge in [0.1, 0.15) is 5.60 Å². The summed E-state index contributed by atoms with van der Waals surface area (Å²) in [7, 11) is 0. The third kappa shape index (κ3) is 5.69. The van der Waals surface area contributed by atoms with Crippen molar-refractivity contribution < 1.29 is 9.53 Å². The Morgan fingerprint density at radius 1 is 1.46 bits per heavy atom. The normalized spacial score (nSPS) is 12.8. The van der Waals surface area contributed by atoms with Gasteiger partial charge in [-0.15, -0.1) is 11.6 Å². The molecule has 0 saturated carbocycles. The van der Waals surface area contributed by atoms with Crippen LogP contribution in [0.15, 0.2) is 11.6 Å². The van der Waals surface area contributed by atoms with E-state index in [9.17, 15) is 4.79 Å². The van der Waals surface area contributed by atoms with E-state index in [4.69, 9.17) is 16.3 Å². The Balaban J connectivity index is 4.32. The molecule has 0 spiro atoms. The number of alkyl halides is 1. The van der Waals surface area contributed by atoms with Gasteiger partial charge in [0.05, 0.1) is 5.88 Å². The molecule has 2 nitrogen and oxygen atoms in total. The Morgan fingerprint density at radius 2 is 2.00 bits per heavy atom.